The molecule has 0 amide bonds. The molecule has 3 nitrogen and oxygen atoms in total. The van der Waals surface area contributed by atoms with Crippen molar-refractivity contribution in [2.24, 2.45) is 0 Å². The molecule has 3 heteroatoms. The normalized spacial score (nSPS) is 11.5. The number of aryl methyl sites for hydroxylation is 1. The van der Waals surface area contributed by atoms with Crippen molar-refractivity contribution in [3.05, 3.63) is 76.6 Å². The second kappa shape index (κ2) is 6.25. The molecule has 3 rings (SSSR count). The van der Waals surface area contributed by atoms with Crippen molar-refractivity contribution < 1.29 is 5.11 Å². The standard InChI is InChI=1S/C22H23NO2/c1-15-10-12-16(13-11-15)18-14-19(24)20(17-8-6-5-7-9-17)21(25)23(18)22(2,3)4/h5-14,24H,1-4H3. The van der Waals surface area contributed by atoms with Gasteiger partial charge in [0, 0.05) is 11.6 Å². The molecule has 0 saturated heterocycles. The number of benzene rings is 2. The first-order valence-corrected chi connectivity index (χ1v) is 8.41. The Bertz CT molecular complexity index is 946. The average Bonchev–Trinajstić information content (AvgIpc) is 2.54. The fourth-order valence-electron chi connectivity index (χ4n) is 3.08. The van der Waals surface area contributed by atoms with E-state index in [-0.39, 0.29) is 11.3 Å². The molecule has 0 aliphatic heterocycles. The molecular weight excluding hydrogens is 310 g/mol. The van der Waals surface area contributed by atoms with Gasteiger partial charge in [-0.25, -0.2) is 0 Å². The molecule has 2 aromatic carbocycles. The third kappa shape index (κ3) is 3.22. The first-order valence-electron chi connectivity index (χ1n) is 8.41. The fourth-order valence-corrected chi connectivity index (χ4v) is 3.08. The Kier molecular flexibility index (Phi) is 4.25. The van der Waals surface area contributed by atoms with Crippen LogP contribution in [-0.4, -0.2) is 9.67 Å². The molecule has 1 aromatic heterocycles. The Hall–Kier alpha value is -2.81. The molecule has 0 aliphatic rings. The number of rotatable bonds is 2. The maximum Gasteiger partial charge on any atom is 0.263 e. The molecule has 0 aliphatic carbocycles. The smallest absolute Gasteiger partial charge is 0.263 e. The van der Waals surface area contributed by atoms with Gasteiger partial charge in [0.2, 0.25) is 0 Å². The first-order chi connectivity index (χ1) is 11.8. The second-order valence-corrected chi connectivity index (χ2v) is 7.33. The highest BCUT2D eigenvalue weighted by molar-refractivity contribution is 5.73. The number of hydrogen-bond donors (Lipinski definition) is 1. The molecule has 0 unspecified atom stereocenters. The van der Waals surface area contributed by atoms with E-state index in [9.17, 15) is 9.90 Å². The van der Waals surface area contributed by atoms with Crippen LogP contribution in [0.3, 0.4) is 0 Å². The van der Waals surface area contributed by atoms with Crippen LogP contribution in [0.2, 0.25) is 0 Å². The maximum absolute atomic E-state index is 13.3. The summed E-state index contributed by atoms with van der Waals surface area (Å²) in [7, 11) is 0. The third-order valence-corrected chi connectivity index (χ3v) is 4.27. The van der Waals surface area contributed by atoms with Crippen LogP contribution in [0.15, 0.2) is 65.5 Å². The molecule has 0 fully saturated rings. The van der Waals surface area contributed by atoms with Gasteiger partial charge < -0.3 is 9.67 Å². The highest BCUT2D eigenvalue weighted by Crippen LogP contribution is 2.33. The van der Waals surface area contributed by atoms with Crippen LogP contribution in [-0.2, 0) is 5.54 Å². The number of hydrogen-bond acceptors (Lipinski definition) is 2. The molecule has 0 radical (unpaired) electrons. The molecule has 128 valence electrons. The lowest BCUT2D eigenvalue weighted by atomic mass is 9.99. The van der Waals surface area contributed by atoms with E-state index in [0.29, 0.717) is 5.56 Å². The van der Waals surface area contributed by atoms with Gasteiger partial charge in [-0.05, 0) is 38.8 Å². The SMILES string of the molecule is Cc1ccc(-c2cc(O)c(-c3ccccc3)c(=O)n2C(C)(C)C)cc1. The van der Waals surface area contributed by atoms with Gasteiger partial charge in [-0.1, -0.05) is 60.2 Å². The van der Waals surface area contributed by atoms with Crippen molar-refractivity contribution in [2.45, 2.75) is 33.2 Å². The van der Waals surface area contributed by atoms with Crippen molar-refractivity contribution >= 4 is 0 Å². The zero-order valence-corrected chi connectivity index (χ0v) is 15.1. The van der Waals surface area contributed by atoms with E-state index in [4.69, 9.17) is 0 Å². The quantitative estimate of drug-likeness (QED) is 0.721. The second-order valence-electron chi connectivity index (χ2n) is 7.33. The summed E-state index contributed by atoms with van der Waals surface area (Å²) in [4.78, 5) is 13.3. The van der Waals surface area contributed by atoms with E-state index < -0.39 is 5.54 Å². The molecule has 0 bridgehead atoms. The summed E-state index contributed by atoms with van der Waals surface area (Å²) >= 11 is 0. The van der Waals surface area contributed by atoms with Crippen LogP contribution in [0.4, 0.5) is 0 Å². The topological polar surface area (TPSA) is 42.2 Å². The van der Waals surface area contributed by atoms with Gasteiger partial charge in [0.1, 0.15) is 5.75 Å². The molecule has 1 heterocycles. The van der Waals surface area contributed by atoms with Crippen molar-refractivity contribution in [3.63, 3.8) is 0 Å². The van der Waals surface area contributed by atoms with Crippen LogP contribution in [0.1, 0.15) is 26.3 Å². The number of aromatic hydroxyl groups is 1. The predicted molar refractivity (Wildman–Crippen MR) is 103 cm³/mol. The summed E-state index contributed by atoms with van der Waals surface area (Å²) in [5.41, 5.74) is 3.23. The van der Waals surface area contributed by atoms with E-state index in [1.165, 1.54) is 0 Å². The summed E-state index contributed by atoms with van der Waals surface area (Å²) < 4.78 is 1.76. The van der Waals surface area contributed by atoms with Crippen LogP contribution in [0.5, 0.6) is 5.75 Å². The summed E-state index contributed by atoms with van der Waals surface area (Å²) in [5.74, 6) is 0.00674. The van der Waals surface area contributed by atoms with Gasteiger partial charge in [0.15, 0.2) is 0 Å². The molecular formula is C22H23NO2. The van der Waals surface area contributed by atoms with E-state index in [1.807, 2.05) is 82.3 Å². The molecule has 0 atom stereocenters. The summed E-state index contributed by atoms with van der Waals surface area (Å²) in [6.07, 6.45) is 0. The molecule has 25 heavy (non-hydrogen) atoms. The van der Waals surface area contributed by atoms with E-state index in [0.717, 1.165) is 22.4 Å². The lowest BCUT2D eigenvalue weighted by Gasteiger charge is -2.27. The zero-order valence-electron chi connectivity index (χ0n) is 15.1. The summed E-state index contributed by atoms with van der Waals surface area (Å²) in [6, 6.07) is 19.0. The maximum atomic E-state index is 13.3. The largest absolute Gasteiger partial charge is 0.507 e. The Balaban J connectivity index is 2.35. The van der Waals surface area contributed by atoms with Crippen molar-refractivity contribution in [3.8, 4) is 28.1 Å². The fraction of sp³-hybridized carbons (Fsp3) is 0.227. The van der Waals surface area contributed by atoms with Crippen LogP contribution in [0, 0.1) is 6.92 Å². The van der Waals surface area contributed by atoms with E-state index in [1.54, 1.807) is 10.6 Å². The summed E-state index contributed by atoms with van der Waals surface area (Å²) in [6.45, 7) is 8.02. The molecule has 3 aromatic rings. The van der Waals surface area contributed by atoms with Gasteiger partial charge in [0.05, 0.1) is 11.3 Å². The highest BCUT2D eigenvalue weighted by Gasteiger charge is 2.24. The van der Waals surface area contributed by atoms with Gasteiger partial charge in [0.25, 0.3) is 5.56 Å². The van der Waals surface area contributed by atoms with E-state index in [2.05, 4.69) is 0 Å². The molecule has 0 spiro atoms. The first kappa shape index (κ1) is 17.0. The Morgan fingerprint density at radius 3 is 2.04 bits per heavy atom. The van der Waals surface area contributed by atoms with Crippen LogP contribution < -0.4 is 5.56 Å². The predicted octanol–water partition coefficient (Wildman–Crippen LogP) is 4.95. The minimum absolute atomic E-state index is 0.00674. The molecule has 0 saturated carbocycles. The highest BCUT2D eigenvalue weighted by atomic mass is 16.3. The van der Waals surface area contributed by atoms with Crippen LogP contribution in [0.25, 0.3) is 22.4 Å². The van der Waals surface area contributed by atoms with Crippen LogP contribution >= 0.6 is 0 Å². The monoisotopic (exact) mass is 333 g/mol. The lowest BCUT2D eigenvalue weighted by molar-refractivity contribution is 0.385. The Labute approximate surface area is 148 Å². The summed E-state index contributed by atoms with van der Waals surface area (Å²) in [5, 5.41) is 10.6. The van der Waals surface area contributed by atoms with Gasteiger partial charge in [-0.2, -0.15) is 0 Å². The average molecular weight is 333 g/mol. The Morgan fingerprint density at radius 1 is 0.880 bits per heavy atom. The van der Waals surface area contributed by atoms with Crippen molar-refractivity contribution in [1.29, 1.82) is 0 Å². The van der Waals surface area contributed by atoms with E-state index >= 15 is 0 Å². The Morgan fingerprint density at radius 2 is 1.48 bits per heavy atom. The third-order valence-electron chi connectivity index (χ3n) is 4.27. The van der Waals surface area contributed by atoms with Crippen molar-refractivity contribution in [2.75, 3.05) is 0 Å². The zero-order chi connectivity index (χ0) is 18.2. The minimum Gasteiger partial charge on any atom is -0.507 e. The number of pyridine rings is 1. The number of nitrogens with zero attached hydrogens (tertiary/aromatic N) is 1. The van der Waals surface area contributed by atoms with Crippen molar-refractivity contribution in [1.82, 2.24) is 4.57 Å². The number of aromatic nitrogens is 1. The minimum atomic E-state index is -0.422. The lowest BCUT2D eigenvalue weighted by Crippen LogP contribution is -2.35. The molecule has 1 N–H and O–H groups in total. The van der Waals surface area contributed by atoms with Gasteiger partial charge >= 0.3 is 0 Å². The van der Waals surface area contributed by atoms with Gasteiger partial charge in [-0.15, -0.1) is 0 Å². The van der Waals surface area contributed by atoms with Gasteiger partial charge in [-0.3, -0.25) is 4.79 Å².